The zero-order chi connectivity index (χ0) is 11.3. The zero-order valence-corrected chi connectivity index (χ0v) is 9.62. The summed E-state index contributed by atoms with van der Waals surface area (Å²) in [5.41, 5.74) is -0.423. The standard InChI is InChI=1S/C11H19NO3/c1-10(2,3)15-9(14)12-5-4-11(7-13)6-8(11)12/h8,13H,4-7H2,1-3H3/t8-,11+/m0/s1. The van der Waals surface area contributed by atoms with E-state index in [2.05, 4.69) is 0 Å². The number of hydrogen-bond donors (Lipinski definition) is 1. The lowest BCUT2D eigenvalue weighted by molar-refractivity contribution is 0.0261. The predicted molar refractivity (Wildman–Crippen MR) is 55.5 cm³/mol. The molecule has 2 fully saturated rings. The van der Waals surface area contributed by atoms with Crippen LogP contribution in [-0.4, -0.2) is 40.9 Å². The Labute approximate surface area is 90.2 Å². The lowest BCUT2D eigenvalue weighted by atomic mass is 10.1. The molecule has 1 amide bonds. The van der Waals surface area contributed by atoms with E-state index < -0.39 is 5.60 Å². The fraction of sp³-hybridized carbons (Fsp3) is 0.909. The van der Waals surface area contributed by atoms with E-state index in [0.717, 1.165) is 19.4 Å². The van der Waals surface area contributed by atoms with Crippen LogP contribution < -0.4 is 0 Å². The number of hydrogen-bond acceptors (Lipinski definition) is 3. The number of ether oxygens (including phenoxy) is 1. The third-order valence-electron chi connectivity index (χ3n) is 3.32. The minimum atomic E-state index is -0.434. The Hall–Kier alpha value is -0.770. The number of piperidine rings is 1. The Morgan fingerprint density at radius 3 is 2.67 bits per heavy atom. The van der Waals surface area contributed by atoms with Gasteiger partial charge in [-0.2, -0.15) is 0 Å². The molecule has 2 atom stereocenters. The molecule has 0 aromatic heterocycles. The van der Waals surface area contributed by atoms with Crippen LogP contribution in [0, 0.1) is 5.41 Å². The van der Waals surface area contributed by atoms with E-state index >= 15 is 0 Å². The van der Waals surface area contributed by atoms with E-state index in [1.807, 2.05) is 20.8 Å². The van der Waals surface area contributed by atoms with Crippen LogP contribution in [0.25, 0.3) is 0 Å². The number of aliphatic hydroxyl groups excluding tert-OH is 1. The van der Waals surface area contributed by atoms with Crippen molar-refractivity contribution in [2.75, 3.05) is 13.2 Å². The van der Waals surface area contributed by atoms with Gasteiger partial charge < -0.3 is 14.7 Å². The van der Waals surface area contributed by atoms with Gasteiger partial charge in [-0.25, -0.2) is 4.79 Å². The molecule has 2 aliphatic rings. The smallest absolute Gasteiger partial charge is 0.410 e. The molecule has 4 nitrogen and oxygen atoms in total. The van der Waals surface area contributed by atoms with E-state index in [9.17, 15) is 9.90 Å². The summed E-state index contributed by atoms with van der Waals surface area (Å²) < 4.78 is 5.31. The molecule has 0 spiro atoms. The van der Waals surface area contributed by atoms with E-state index in [-0.39, 0.29) is 24.2 Å². The van der Waals surface area contributed by atoms with Crippen LogP contribution in [-0.2, 0) is 4.74 Å². The molecule has 2 rings (SSSR count). The number of carbonyl (C=O) groups excluding carboxylic acids is 1. The van der Waals surface area contributed by atoms with Gasteiger partial charge in [-0.15, -0.1) is 0 Å². The van der Waals surface area contributed by atoms with E-state index in [0.29, 0.717) is 0 Å². The second-order valence-corrected chi connectivity index (χ2v) is 5.66. The Bertz CT molecular complexity index is 284. The molecule has 1 saturated heterocycles. The molecular weight excluding hydrogens is 194 g/mol. The van der Waals surface area contributed by atoms with Crippen molar-refractivity contribution >= 4 is 6.09 Å². The number of amides is 1. The van der Waals surface area contributed by atoms with Crippen molar-refractivity contribution in [2.24, 2.45) is 5.41 Å². The summed E-state index contributed by atoms with van der Waals surface area (Å²) in [7, 11) is 0. The molecule has 4 heteroatoms. The van der Waals surface area contributed by atoms with Crippen LogP contribution in [0.1, 0.15) is 33.6 Å². The molecule has 0 aromatic rings. The minimum absolute atomic E-state index is 0.0108. The van der Waals surface area contributed by atoms with Gasteiger partial charge in [0.15, 0.2) is 0 Å². The van der Waals surface area contributed by atoms with E-state index in [4.69, 9.17) is 4.74 Å². The maximum Gasteiger partial charge on any atom is 0.410 e. The van der Waals surface area contributed by atoms with Crippen LogP contribution in [0.15, 0.2) is 0 Å². The second-order valence-electron chi connectivity index (χ2n) is 5.66. The monoisotopic (exact) mass is 213 g/mol. The summed E-state index contributed by atoms with van der Waals surface area (Å²) in [6, 6.07) is 0.220. The first kappa shape index (κ1) is 10.7. The highest BCUT2D eigenvalue weighted by atomic mass is 16.6. The average Bonchev–Trinajstić information content (AvgIpc) is 2.70. The van der Waals surface area contributed by atoms with Crippen LogP contribution in [0.5, 0.6) is 0 Å². The van der Waals surface area contributed by atoms with E-state index in [1.165, 1.54) is 0 Å². The first-order valence-corrected chi connectivity index (χ1v) is 5.48. The van der Waals surface area contributed by atoms with Gasteiger partial charge in [-0.1, -0.05) is 0 Å². The van der Waals surface area contributed by atoms with Gasteiger partial charge in [0.2, 0.25) is 0 Å². The number of rotatable bonds is 1. The molecule has 1 saturated carbocycles. The molecule has 1 N–H and O–H groups in total. The summed E-state index contributed by atoms with van der Waals surface area (Å²) in [5.74, 6) is 0. The highest BCUT2D eigenvalue weighted by Gasteiger charge is 2.62. The minimum Gasteiger partial charge on any atom is -0.444 e. The molecule has 86 valence electrons. The highest BCUT2D eigenvalue weighted by molar-refractivity contribution is 5.70. The maximum atomic E-state index is 11.8. The molecular formula is C11H19NO3. The fourth-order valence-corrected chi connectivity index (χ4v) is 2.32. The quantitative estimate of drug-likeness (QED) is 0.716. The molecule has 0 radical (unpaired) electrons. The third kappa shape index (κ3) is 1.83. The van der Waals surface area contributed by atoms with Crippen molar-refractivity contribution in [3.63, 3.8) is 0 Å². The van der Waals surface area contributed by atoms with Crippen molar-refractivity contribution in [2.45, 2.75) is 45.3 Å². The van der Waals surface area contributed by atoms with Gasteiger partial charge in [0.05, 0.1) is 6.61 Å². The topological polar surface area (TPSA) is 49.8 Å². The van der Waals surface area contributed by atoms with Crippen LogP contribution in [0.4, 0.5) is 4.79 Å². The van der Waals surface area contributed by atoms with Crippen molar-refractivity contribution in [3.8, 4) is 0 Å². The number of nitrogens with zero attached hydrogens (tertiary/aromatic N) is 1. The normalized spacial score (nSPS) is 33.9. The predicted octanol–water partition coefficient (Wildman–Crippen LogP) is 1.38. The summed E-state index contributed by atoms with van der Waals surface area (Å²) in [4.78, 5) is 13.5. The Morgan fingerprint density at radius 2 is 2.27 bits per heavy atom. The number of aliphatic hydroxyl groups is 1. The molecule has 1 aliphatic heterocycles. The SMILES string of the molecule is CC(C)(C)OC(=O)N1CC[C@]2(CO)C[C@H]12. The number of carbonyl (C=O) groups is 1. The number of fused-ring (bicyclic) bond motifs is 1. The summed E-state index contributed by atoms with van der Waals surface area (Å²) >= 11 is 0. The maximum absolute atomic E-state index is 11.8. The van der Waals surface area contributed by atoms with Gasteiger partial charge in [0.1, 0.15) is 5.60 Å². The average molecular weight is 213 g/mol. The fourth-order valence-electron chi connectivity index (χ4n) is 2.32. The van der Waals surface area contributed by atoms with Crippen molar-refractivity contribution in [1.29, 1.82) is 0 Å². The van der Waals surface area contributed by atoms with Gasteiger partial charge in [0, 0.05) is 18.0 Å². The van der Waals surface area contributed by atoms with Gasteiger partial charge in [0.25, 0.3) is 0 Å². The Kier molecular flexibility index (Phi) is 2.23. The number of likely N-dealkylation sites (tertiary alicyclic amines) is 1. The van der Waals surface area contributed by atoms with Crippen molar-refractivity contribution in [3.05, 3.63) is 0 Å². The van der Waals surface area contributed by atoms with Crippen LogP contribution in [0.2, 0.25) is 0 Å². The van der Waals surface area contributed by atoms with E-state index in [1.54, 1.807) is 4.90 Å². The lowest BCUT2D eigenvalue weighted by Gasteiger charge is -2.25. The molecule has 15 heavy (non-hydrogen) atoms. The van der Waals surface area contributed by atoms with Gasteiger partial charge in [-0.3, -0.25) is 0 Å². The van der Waals surface area contributed by atoms with Crippen molar-refractivity contribution in [1.82, 2.24) is 4.90 Å². The van der Waals surface area contributed by atoms with Crippen LogP contribution in [0.3, 0.4) is 0 Å². The van der Waals surface area contributed by atoms with Crippen molar-refractivity contribution < 1.29 is 14.6 Å². The molecule has 1 aliphatic carbocycles. The van der Waals surface area contributed by atoms with Gasteiger partial charge in [-0.05, 0) is 33.6 Å². The zero-order valence-electron chi connectivity index (χ0n) is 9.62. The summed E-state index contributed by atoms with van der Waals surface area (Å²) in [5, 5.41) is 9.22. The molecule has 0 unspecified atom stereocenters. The Morgan fingerprint density at radius 1 is 1.60 bits per heavy atom. The lowest BCUT2D eigenvalue weighted by Crippen LogP contribution is -2.36. The first-order chi connectivity index (χ1) is 6.88. The molecule has 0 bridgehead atoms. The summed E-state index contributed by atoms with van der Waals surface area (Å²) in [6.45, 7) is 6.52. The largest absolute Gasteiger partial charge is 0.444 e. The summed E-state index contributed by atoms with van der Waals surface area (Å²) in [6.07, 6.45) is 1.61. The third-order valence-corrected chi connectivity index (χ3v) is 3.32. The van der Waals surface area contributed by atoms with Crippen LogP contribution >= 0.6 is 0 Å². The van der Waals surface area contributed by atoms with Gasteiger partial charge >= 0.3 is 6.09 Å². The highest BCUT2D eigenvalue weighted by Crippen LogP contribution is 2.56. The first-order valence-electron chi connectivity index (χ1n) is 5.48. The Balaban J connectivity index is 1.95. The molecule has 1 heterocycles. The molecule has 0 aromatic carbocycles. The second kappa shape index (κ2) is 3.11.